The molecule has 1 amide bonds. The minimum Gasteiger partial charge on any atom is -0.333 e. The molecule has 0 unspecified atom stereocenters. The lowest BCUT2D eigenvalue weighted by atomic mass is 10.0. The summed E-state index contributed by atoms with van der Waals surface area (Å²) in [6.07, 6.45) is -4.04. The number of benzene rings is 1. The van der Waals surface area contributed by atoms with E-state index in [0.29, 0.717) is 12.1 Å². The Morgan fingerprint density at radius 1 is 1.20 bits per heavy atom. The van der Waals surface area contributed by atoms with E-state index in [0.717, 1.165) is 6.08 Å². The molecule has 0 saturated carbocycles. The molecule has 11 heteroatoms. The first-order chi connectivity index (χ1) is 14.0. The van der Waals surface area contributed by atoms with Gasteiger partial charge in [0.25, 0.3) is 0 Å². The predicted octanol–water partition coefficient (Wildman–Crippen LogP) is 3.26. The maximum absolute atomic E-state index is 13.7. The number of nitrogens with two attached hydrogens (primary N) is 1. The van der Waals surface area contributed by atoms with Gasteiger partial charge in [0.2, 0.25) is 5.91 Å². The van der Waals surface area contributed by atoms with Gasteiger partial charge in [-0.05, 0) is 24.1 Å². The molecule has 5 nitrogen and oxygen atoms in total. The Hall–Kier alpha value is -2.82. The van der Waals surface area contributed by atoms with Crippen LogP contribution in [0.1, 0.15) is 29.2 Å². The highest BCUT2D eigenvalue weighted by atomic mass is 19.4. The van der Waals surface area contributed by atoms with Crippen molar-refractivity contribution in [3.63, 3.8) is 0 Å². The van der Waals surface area contributed by atoms with Gasteiger partial charge in [-0.1, -0.05) is 6.58 Å². The van der Waals surface area contributed by atoms with Crippen molar-refractivity contribution in [3.8, 4) is 0 Å². The quantitative estimate of drug-likeness (QED) is 0.583. The standard InChI is InChI=1S/C19H18F6N4O/c1-2-15-18(19(23,24)25)27-16-9-28(3-4-29(15)16)17(30)7-11(26)5-10-6-13(21)14(22)8-12(10)20/h2,6,8,11H,1,3-5,7,9,26H2/t11-/m1/s1. The third-order valence-electron chi connectivity index (χ3n) is 4.83. The van der Waals surface area contributed by atoms with E-state index in [9.17, 15) is 31.1 Å². The fourth-order valence-electron chi connectivity index (χ4n) is 3.41. The molecule has 1 aromatic heterocycles. The summed E-state index contributed by atoms with van der Waals surface area (Å²) in [7, 11) is 0. The number of rotatable bonds is 5. The number of hydrogen-bond acceptors (Lipinski definition) is 3. The van der Waals surface area contributed by atoms with Crippen molar-refractivity contribution in [1.82, 2.24) is 14.5 Å². The second-order valence-corrected chi connectivity index (χ2v) is 6.96. The molecule has 2 N–H and O–H groups in total. The first-order valence-corrected chi connectivity index (χ1v) is 8.97. The van der Waals surface area contributed by atoms with Crippen molar-refractivity contribution < 1.29 is 31.1 Å². The van der Waals surface area contributed by atoms with E-state index in [2.05, 4.69) is 11.6 Å². The molecule has 3 rings (SSSR count). The van der Waals surface area contributed by atoms with Gasteiger partial charge in [-0.15, -0.1) is 0 Å². The summed E-state index contributed by atoms with van der Waals surface area (Å²) in [4.78, 5) is 17.4. The third-order valence-corrected chi connectivity index (χ3v) is 4.83. The summed E-state index contributed by atoms with van der Waals surface area (Å²) < 4.78 is 80.8. The fourth-order valence-corrected chi connectivity index (χ4v) is 3.41. The van der Waals surface area contributed by atoms with Gasteiger partial charge in [0.1, 0.15) is 11.6 Å². The molecule has 1 aliphatic heterocycles. The van der Waals surface area contributed by atoms with Crippen LogP contribution in [0, 0.1) is 17.5 Å². The minimum atomic E-state index is -4.65. The van der Waals surface area contributed by atoms with E-state index in [4.69, 9.17) is 5.73 Å². The average molecular weight is 432 g/mol. The second kappa shape index (κ2) is 8.13. The van der Waals surface area contributed by atoms with Gasteiger partial charge < -0.3 is 15.2 Å². The first kappa shape index (κ1) is 21.9. The highest BCUT2D eigenvalue weighted by Crippen LogP contribution is 2.33. The number of imidazole rings is 1. The molecular formula is C19H18F6N4O. The van der Waals surface area contributed by atoms with Crippen LogP contribution in [0.2, 0.25) is 0 Å². The number of carbonyl (C=O) groups excluding carboxylic acids is 1. The van der Waals surface area contributed by atoms with Crippen LogP contribution < -0.4 is 5.73 Å². The Bertz CT molecular complexity index is 984. The Balaban J connectivity index is 1.69. The summed E-state index contributed by atoms with van der Waals surface area (Å²) in [5, 5.41) is 0. The van der Waals surface area contributed by atoms with E-state index in [1.54, 1.807) is 0 Å². The largest absolute Gasteiger partial charge is 0.435 e. The molecule has 0 fully saturated rings. The summed E-state index contributed by atoms with van der Waals surface area (Å²) in [6, 6.07) is 0.189. The van der Waals surface area contributed by atoms with Crippen LogP contribution in [0.3, 0.4) is 0 Å². The molecule has 0 spiro atoms. The number of fused-ring (bicyclic) bond motifs is 1. The molecular weight excluding hydrogens is 414 g/mol. The van der Waals surface area contributed by atoms with Crippen molar-refractivity contribution in [2.45, 2.75) is 38.1 Å². The Morgan fingerprint density at radius 3 is 2.50 bits per heavy atom. The number of alkyl halides is 3. The molecule has 0 radical (unpaired) electrons. The fraction of sp³-hybridized carbons (Fsp3) is 0.368. The van der Waals surface area contributed by atoms with Gasteiger partial charge in [0.15, 0.2) is 17.3 Å². The summed E-state index contributed by atoms with van der Waals surface area (Å²) in [6.45, 7) is 3.48. The van der Waals surface area contributed by atoms with Gasteiger partial charge >= 0.3 is 6.18 Å². The van der Waals surface area contributed by atoms with Crippen molar-refractivity contribution in [1.29, 1.82) is 0 Å². The van der Waals surface area contributed by atoms with E-state index >= 15 is 0 Å². The molecule has 162 valence electrons. The first-order valence-electron chi connectivity index (χ1n) is 8.97. The predicted molar refractivity (Wildman–Crippen MR) is 95.3 cm³/mol. The van der Waals surface area contributed by atoms with Crippen molar-refractivity contribution in [2.75, 3.05) is 6.54 Å². The normalized spacial score (nSPS) is 15.1. The third kappa shape index (κ3) is 4.35. The van der Waals surface area contributed by atoms with E-state index < -0.39 is 41.3 Å². The van der Waals surface area contributed by atoms with Crippen molar-refractivity contribution in [3.05, 3.63) is 58.9 Å². The molecule has 0 saturated heterocycles. The topological polar surface area (TPSA) is 64.2 Å². The van der Waals surface area contributed by atoms with Gasteiger partial charge in [0.05, 0.1) is 12.2 Å². The molecule has 1 aromatic carbocycles. The zero-order valence-corrected chi connectivity index (χ0v) is 15.6. The van der Waals surface area contributed by atoms with Crippen LogP contribution in [-0.2, 0) is 30.5 Å². The monoisotopic (exact) mass is 432 g/mol. The van der Waals surface area contributed by atoms with Crippen LogP contribution in [0.25, 0.3) is 6.08 Å². The molecule has 0 bridgehead atoms. The van der Waals surface area contributed by atoms with E-state index in [-0.39, 0.29) is 49.6 Å². The van der Waals surface area contributed by atoms with Gasteiger partial charge in [-0.2, -0.15) is 13.2 Å². The van der Waals surface area contributed by atoms with Crippen LogP contribution in [0.4, 0.5) is 26.3 Å². The number of hydrogen-bond donors (Lipinski definition) is 1. The maximum Gasteiger partial charge on any atom is 0.435 e. The smallest absolute Gasteiger partial charge is 0.333 e. The van der Waals surface area contributed by atoms with Crippen LogP contribution in [0.15, 0.2) is 18.7 Å². The lowest BCUT2D eigenvalue weighted by Gasteiger charge is -2.29. The van der Waals surface area contributed by atoms with E-state index in [1.165, 1.54) is 9.47 Å². The molecule has 2 heterocycles. The zero-order valence-electron chi connectivity index (χ0n) is 15.6. The van der Waals surface area contributed by atoms with Crippen molar-refractivity contribution >= 4 is 12.0 Å². The zero-order chi connectivity index (χ0) is 22.2. The molecule has 30 heavy (non-hydrogen) atoms. The molecule has 2 aromatic rings. The summed E-state index contributed by atoms with van der Waals surface area (Å²) in [5.41, 5.74) is 4.47. The van der Waals surface area contributed by atoms with Crippen LogP contribution in [0.5, 0.6) is 0 Å². The highest BCUT2D eigenvalue weighted by molar-refractivity contribution is 5.77. The Kier molecular flexibility index (Phi) is 5.93. The second-order valence-electron chi connectivity index (χ2n) is 6.96. The van der Waals surface area contributed by atoms with Crippen LogP contribution in [-0.4, -0.2) is 32.9 Å². The van der Waals surface area contributed by atoms with Crippen LogP contribution >= 0.6 is 0 Å². The van der Waals surface area contributed by atoms with Gasteiger partial charge in [-0.3, -0.25) is 4.79 Å². The summed E-state index contributed by atoms with van der Waals surface area (Å²) >= 11 is 0. The SMILES string of the molecule is C=Cc1c(C(F)(F)F)nc2n1CCN(C(=O)C[C@H](N)Cc1cc(F)c(F)cc1F)C2. The summed E-state index contributed by atoms with van der Waals surface area (Å²) in [5.74, 6) is -3.94. The number of aromatic nitrogens is 2. The molecule has 1 aliphatic rings. The van der Waals surface area contributed by atoms with Gasteiger partial charge in [0, 0.05) is 31.6 Å². The minimum absolute atomic E-state index is 0.0667. The Morgan fingerprint density at radius 2 is 1.87 bits per heavy atom. The number of nitrogens with zero attached hydrogens (tertiary/aromatic N) is 3. The number of carbonyl (C=O) groups is 1. The van der Waals surface area contributed by atoms with Crippen molar-refractivity contribution in [2.24, 2.45) is 5.73 Å². The molecule has 1 atom stereocenters. The number of amides is 1. The van der Waals surface area contributed by atoms with Gasteiger partial charge in [-0.25, -0.2) is 18.2 Å². The van der Waals surface area contributed by atoms with E-state index in [1.807, 2.05) is 0 Å². The maximum atomic E-state index is 13.7. The number of halogens is 6. The highest BCUT2D eigenvalue weighted by Gasteiger charge is 2.39. The lowest BCUT2D eigenvalue weighted by molar-refractivity contribution is -0.141. The lowest BCUT2D eigenvalue weighted by Crippen LogP contribution is -2.41. The molecule has 0 aliphatic carbocycles. The average Bonchev–Trinajstić information content (AvgIpc) is 3.04. The Labute approximate surface area is 167 Å².